The molecule has 0 aliphatic carbocycles. The molecule has 0 aromatic heterocycles. The Hall–Kier alpha value is -0.570. The van der Waals surface area contributed by atoms with E-state index in [0.29, 0.717) is 5.92 Å². The minimum absolute atomic E-state index is 0.557. The molecule has 1 aliphatic heterocycles. The van der Waals surface area contributed by atoms with Gasteiger partial charge < -0.3 is 5.11 Å². The van der Waals surface area contributed by atoms with Gasteiger partial charge in [-0.15, -0.1) is 0 Å². The van der Waals surface area contributed by atoms with Gasteiger partial charge in [-0.1, -0.05) is 33.6 Å². The molecule has 1 N–H and O–H groups in total. The van der Waals surface area contributed by atoms with Crippen LogP contribution in [0.2, 0.25) is 0 Å². The third-order valence-electron chi connectivity index (χ3n) is 3.91. The van der Waals surface area contributed by atoms with Crippen LogP contribution in [0.5, 0.6) is 0 Å². The summed E-state index contributed by atoms with van der Waals surface area (Å²) in [7, 11) is 0. The Morgan fingerprint density at radius 2 is 2.19 bits per heavy atom. The molecular weight excluding hydrogens is 202 g/mol. The van der Waals surface area contributed by atoms with E-state index in [4.69, 9.17) is 0 Å². The maximum Gasteiger partial charge on any atom is 0.324 e. The summed E-state index contributed by atoms with van der Waals surface area (Å²) in [6, 6.07) is 0. The lowest BCUT2D eigenvalue weighted by Crippen LogP contribution is -2.51. The molecule has 1 heterocycles. The van der Waals surface area contributed by atoms with Crippen molar-refractivity contribution in [3.05, 3.63) is 0 Å². The van der Waals surface area contributed by atoms with Crippen LogP contribution in [-0.4, -0.2) is 34.6 Å². The van der Waals surface area contributed by atoms with E-state index in [9.17, 15) is 9.90 Å². The highest BCUT2D eigenvalue weighted by Gasteiger charge is 2.46. The molecule has 0 spiro atoms. The van der Waals surface area contributed by atoms with E-state index in [2.05, 4.69) is 25.7 Å². The highest BCUT2D eigenvalue weighted by molar-refractivity contribution is 5.79. The monoisotopic (exact) mass is 227 g/mol. The molecule has 1 saturated heterocycles. The van der Waals surface area contributed by atoms with E-state index in [1.807, 2.05) is 0 Å². The lowest BCUT2D eigenvalue weighted by atomic mass is 9.90. The van der Waals surface area contributed by atoms with E-state index >= 15 is 0 Å². The highest BCUT2D eigenvalue weighted by atomic mass is 16.4. The normalized spacial score (nSPS) is 28.2. The molecule has 0 radical (unpaired) electrons. The fourth-order valence-corrected chi connectivity index (χ4v) is 2.75. The van der Waals surface area contributed by atoms with Crippen LogP contribution >= 0.6 is 0 Å². The molecule has 1 fully saturated rings. The molecule has 0 amide bonds. The number of carbonyl (C=O) groups is 1. The number of likely N-dealkylation sites (tertiary alicyclic amines) is 1. The molecule has 2 unspecified atom stereocenters. The van der Waals surface area contributed by atoms with Gasteiger partial charge in [-0.3, -0.25) is 9.69 Å². The van der Waals surface area contributed by atoms with Gasteiger partial charge in [-0.25, -0.2) is 0 Å². The predicted molar refractivity (Wildman–Crippen MR) is 65.5 cm³/mol. The molecule has 1 aliphatic rings. The minimum Gasteiger partial charge on any atom is -0.480 e. The number of aliphatic carboxylic acids is 1. The fraction of sp³-hybridized carbons (Fsp3) is 0.923. The summed E-state index contributed by atoms with van der Waals surface area (Å²) in [6.45, 7) is 8.34. The first kappa shape index (κ1) is 13.5. The van der Waals surface area contributed by atoms with Crippen molar-refractivity contribution in [1.29, 1.82) is 0 Å². The number of rotatable bonds is 6. The van der Waals surface area contributed by atoms with Crippen LogP contribution in [0.25, 0.3) is 0 Å². The van der Waals surface area contributed by atoms with Crippen LogP contribution in [0, 0.1) is 5.92 Å². The van der Waals surface area contributed by atoms with E-state index in [1.165, 1.54) is 0 Å². The zero-order chi connectivity index (χ0) is 12.2. The van der Waals surface area contributed by atoms with Crippen LogP contribution in [0.15, 0.2) is 0 Å². The highest BCUT2D eigenvalue weighted by Crippen LogP contribution is 2.34. The molecule has 3 heteroatoms. The summed E-state index contributed by atoms with van der Waals surface area (Å²) < 4.78 is 0. The molecule has 3 nitrogen and oxygen atoms in total. The molecule has 0 bridgehead atoms. The number of nitrogens with zero attached hydrogens (tertiary/aromatic N) is 1. The van der Waals surface area contributed by atoms with Gasteiger partial charge in [-0.2, -0.15) is 0 Å². The van der Waals surface area contributed by atoms with E-state index in [1.54, 1.807) is 0 Å². The maximum absolute atomic E-state index is 11.6. The SMILES string of the molecule is CCCC1(C(=O)O)CCCN1CC(C)CC. The lowest BCUT2D eigenvalue weighted by molar-refractivity contribution is -0.150. The number of hydrogen-bond acceptors (Lipinski definition) is 2. The van der Waals surface area contributed by atoms with Crippen molar-refractivity contribution in [3.8, 4) is 0 Å². The lowest BCUT2D eigenvalue weighted by Gasteiger charge is -2.36. The van der Waals surface area contributed by atoms with Gasteiger partial charge in [0.05, 0.1) is 0 Å². The molecular formula is C13H25NO2. The summed E-state index contributed by atoms with van der Waals surface area (Å²) in [5.74, 6) is -0.0242. The van der Waals surface area contributed by atoms with Crippen molar-refractivity contribution in [2.75, 3.05) is 13.1 Å². The zero-order valence-corrected chi connectivity index (χ0v) is 10.8. The first-order valence-corrected chi connectivity index (χ1v) is 6.55. The Bertz CT molecular complexity index is 242. The third-order valence-corrected chi connectivity index (χ3v) is 3.91. The summed E-state index contributed by atoms with van der Waals surface area (Å²) in [4.78, 5) is 13.8. The minimum atomic E-state index is -0.616. The predicted octanol–water partition coefficient (Wildman–Crippen LogP) is 2.75. The maximum atomic E-state index is 11.6. The molecule has 1 rings (SSSR count). The van der Waals surface area contributed by atoms with E-state index < -0.39 is 11.5 Å². The fourth-order valence-electron chi connectivity index (χ4n) is 2.75. The van der Waals surface area contributed by atoms with Crippen molar-refractivity contribution in [1.82, 2.24) is 4.90 Å². The topological polar surface area (TPSA) is 40.5 Å². The first-order chi connectivity index (χ1) is 7.56. The van der Waals surface area contributed by atoms with Crippen molar-refractivity contribution in [2.45, 2.75) is 58.4 Å². The Labute approximate surface area is 98.8 Å². The molecule has 0 aromatic carbocycles. The Morgan fingerprint density at radius 3 is 2.69 bits per heavy atom. The zero-order valence-electron chi connectivity index (χ0n) is 10.8. The number of carboxylic acid groups (broad SMARTS) is 1. The third kappa shape index (κ3) is 2.57. The number of hydrogen-bond donors (Lipinski definition) is 1. The largest absolute Gasteiger partial charge is 0.480 e. The average molecular weight is 227 g/mol. The Kier molecular flexibility index (Phi) is 4.78. The Morgan fingerprint density at radius 1 is 1.50 bits per heavy atom. The summed E-state index contributed by atoms with van der Waals surface area (Å²) >= 11 is 0. The average Bonchev–Trinajstić information content (AvgIpc) is 2.63. The van der Waals surface area contributed by atoms with Crippen LogP contribution in [-0.2, 0) is 4.79 Å². The molecule has 0 saturated carbocycles. The van der Waals surface area contributed by atoms with Crippen LogP contribution in [0.4, 0.5) is 0 Å². The second-order valence-corrected chi connectivity index (χ2v) is 5.15. The van der Waals surface area contributed by atoms with Crippen molar-refractivity contribution >= 4 is 5.97 Å². The summed E-state index contributed by atoms with van der Waals surface area (Å²) in [5, 5.41) is 9.51. The van der Waals surface area contributed by atoms with Gasteiger partial charge in [0.2, 0.25) is 0 Å². The van der Waals surface area contributed by atoms with Gasteiger partial charge in [0.15, 0.2) is 0 Å². The van der Waals surface area contributed by atoms with Crippen molar-refractivity contribution in [3.63, 3.8) is 0 Å². The van der Waals surface area contributed by atoms with Gasteiger partial charge >= 0.3 is 5.97 Å². The smallest absolute Gasteiger partial charge is 0.324 e. The van der Waals surface area contributed by atoms with Crippen molar-refractivity contribution < 1.29 is 9.90 Å². The molecule has 0 aromatic rings. The quantitative estimate of drug-likeness (QED) is 0.758. The summed E-state index contributed by atoms with van der Waals surface area (Å²) in [6.07, 6.45) is 4.72. The molecule has 2 atom stereocenters. The van der Waals surface area contributed by atoms with Gasteiger partial charge in [0, 0.05) is 6.54 Å². The molecule has 94 valence electrons. The molecule has 16 heavy (non-hydrogen) atoms. The number of carboxylic acids is 1. The van der Waals surface area contributed by atoms with Gasteiger partial charge in [0.1, 0.15) is 5.54 Å². The van der Waals surface area contributed by atoms with Gasteiger partial charge in [-0.05, 0) is 31.7 Å². The van der Waals surface area contributed by atoms with E-state index in [-0.39, 0.29) is 0 Å². The van der Waals surface area contributed by atoms with Crippen LogP contribution in [0.1, 0.15) is 52.9 Å². The van der Waals surface area contributed by atoms with E-state index in [0.717, 1.165) is 45.2 Å². The summed E-state index contributed by atoms with van der Waals surface area (Å²) in [5.41, 5.74) is -0.557. The van der Waals surface area contributed by atoms with Crippen LogP contribution < -0.4 is 0 Å². The van der Waals surface area contributed by atoms with Crippen LogP contribution in [0.3, 0.4) is 0 Å². The second-order valence-electron chi connectivity index (χ2n) is 5.15. The Balaban J connectivity index is 2.76. The second kappa shape index (κ2) is 5.67. The van der Waals surface area contributed by atoms with Gasteiger partial charge in [0.25, 0.3) is 0 Å². The van der Waals surface area contributed by atoms with Crippen molar-refractivity contribution in [2.24, 2.45) is 5.92 Å². The first-order valence-electron chi connectivity index (χ1n) is 6.55. The standard InChI is InChI=1S/C13H25NO2/c1-4-7-13(12(15)16)8-6-9-14(13)10-11(3)5-2/h11H,4-10H2,1-3H3,(H,15,16).